The Bertz CT molecular complexity index is 762. The highest BCUT2D eigenvalue weighted by molar-refractivity contribution is 6.36. The molecule has 1 heterocycles. The Hall–Kier alpha value is -1.97. The number of halogens is 2. The molecule has 3 aromatic rings. The summed E-state index contributed by atoms with van der Waals surface area (Å²) in [6.07, 6.45) is 3.54. The molecule has 0 radical (unpaired) electrons. The molecule has 0 spiro atoms. The smallest absolute Gasteiger partial charge is 0.306 e. The number of nitrogens with one attached hydrogen (secondary N) is 1. The van der Waals surface area contributed by atoms with E-state index in [2.05, 4.69) is 5.32 Å². The van der Waals surface area contributed by atoms with Crippen LogP contribution in [0.5, 0.6) is 0 Å². The predicted octanol–water partition coefficient (Wildman–Crippen LogP) is 5.03. The normalized spacial score (nSPS) is 10.7. The number of nitrogens with zero attached hydrogens (tertiary/aromatic N) is 1. The van der Waals surface area contributed by atoms with Gasteiger partial charge in [0, 0.05) is 17.4 Å². The molecule has 0 saturated heterocycles. The van der Waals surface area contributed by atoms with Crippen molar-refractivity contribution in [1.29, 1.82) is 0 Å². The van der Waals surface area contributed by atoms with Crippen molar-refractivity contribution in [2.24, 2.45) is 0 Å². The number of amides is 1. The fraction of sp³-hybridized carbons (Fsp3) is 0. The third-order valence-corrected chi connectivity index (χ3v) is 3.51. The highest BCUT2D eigenvalue weighted by Gasteiger charge is 2.09. The van der Waals surface area contributed by atoms with Gasteiger partial charge in [-0.3, -0.25) is 4.57 Å². The van der Waals surface area contributed by atoms with Gasteiger partial charge in [0.2, 0.25) is 0 Å². The number of hydrogen-bond acceptors (Lipinski definition) is 1. The van der Waals surface area contributed by atoms with Gasteiger partial charge in [0.1, 0.15) is 0 Å². The zero-order valence-corrected chi connectivity index (χ0v) is 11.8. The summed E-state index contributed by atoms with van der Waals surface area (Å²) < 4.78 is 1.50. The molecule has 0 aliphatic heterocycles. The van der Waals surface area contributed by atoms with E-state index in [0.29, 0.717) is 15.7 Å². The molecule has 0 aliphatic carbocycles. The summed E-state index contributed by atoms with van der Waals surface area (Å²) in [5.74, 6) is 0. The minimum atomic E-state index is -0.273. The lowest BCUT2D eigenvalue weighted by Crippen LogP contribution is -2.17. The van der Waals surface area contributed by atoms with Crippen molar-refractivity contribution in [1.82, 2.24) is 4.57 Å². The lowest BCUT2D eigenvalue weighted by atomic mass is 10.2. The summed E-state index contributed by atoms with van der Waals surface area (Å²) in [6.45, 7) is 0. The molecule has 0 fully saturated rings. The lowest BCUT2D eigenvalue weighted by molar-refractivity contribution is 0.253. The van der Waals surface area contributed by atoms with Crippen molar-refractivity contribution in [3.05, 3.63) is 64.9 Å². The van der Waals surface area contributed by atoms with Crippen LogP contribution in [0.15, 0.2) is 54.9 Å². The molecule has 1 N–H and O–H groups in total. The molecular formula is C15H10Cl2N2O. The van der Waals surface area contributed by atoms with Gasteiger partial charge in [0.25, 0.3) is 0 Å². The van der Waals surface area contributed by atoms with Crippen LogP contribution < -0.4 is 5.32 Å². The molecule has 0 atom stereocenters. The predicted molar refractivity (Wildman–Crippen MR) is 82.8 cm³/mol. The molecular weight excluding hydrogens is 295 g/mol. The van der Waals surface area contributed by atoms with Gasteiger partial charge in [0.15, 0.2) is 0 Å². The Labute approximate surface area is 125 Å². The van der Waals surface area contributed by atoms with Crippen molar-refractivity contribution in [3.8, 4) is 0 Å². The van der Waals surface area contributed by atoms with Crippen LogP contribution in [-0.2, 0) is 0 Å². The summed E-state index contributed by atoms with van der Waals surface area (Å²) in [7, 11) is 0. The van der Waals surface area contributed by atoms with Crippen LogP contribution >= 0.6 is 23.2 Å². The van der Waals surface area contributed by atoms with Crippen molar-refractivity contribution in [2.75, 3.05) is 5.32 Å². The molecule has 1 amide bonds. The van der Waals surface area contributed by atoms with Crippen LogP contribution in [0.4, 0.5) is 10.5 Å². The average Bonchev–Trinajstić information content (AvgIpc) is 2.86. The number of carbonyl (C=O) groups is 1. The van der Waals surface area contributed by atoms with Gasteiger partial charge in [-0.25, -0.2) is 4.79 Å². The highest BCUT2D eigenvalue weighted by Crippen LogP contribution is 2.25. The molecule has 3 nitrogen and oxygen atoms in total. The van der Waals surface area contributed by atoms with Gasteiger partial charge in [-0.15, -0.1) is 0 Å². The van der Waals surface area contributed by atoms with Crippen molar-refractivity contribution in [3.63, 3.8) is 0 Å². The maximum absolute atomic E-state index is 12.2. The second-order valence-corrected chi connectivity index (χ2v) is 5.19. The largest absolute Gasteiger partial charge is 0.330 e. The zero-order valence-electron chi connectivity index (χ0n) is 10.3. The van der Waals surface area contributed by atoms with Crippen LogP contribution in [0.2, 0.25) is 10.0 Å². The first-order valence-corrected chi connectivity index (χ1v) is 6.72. The van der Waals surface area contributed by atoms with Gasteiger partial charge in [0.05, 0.1) is 10.7 Å². The average molecular weight is 305 g/mol. The maximum Gasteiger partial charge on any atom is 0.330 e. The second kappa shape index (κ2) is 5.19. The number of carbonyl (C=O) groups excluding carboxylic acids is 1. The number of fused-ring (bicyclic) bond motifs is 1. The number of benzene rings is 2. The van der Waals surface area contributed by atoms with E-state index in [1.54, 1.807) is 30.6 Å². The summed E-state index contributed by atoms with van der Waals surface area (Å²) in [5, 5.41) is 5.69. The monoisotopic (exact) mass is 304 g/mol. The number of rotatable bonds is 1. The maximum atomic E-state index is 12.2. The van der Waals surface area contributed by atoms with E-state index < -0.39 is 0 Å². The first-order valence-electron chi connectivity index (χ1n) is 5.96. The van der Waals surface area contributed by atoms with Crippen molar-refractivity contribution in [2.45, 2.75) is 0 Å². The topological polar surface area (TPSA) is 34.0 Å². The third kappa shape index (κ3) is 2.50. The van der Waals surface area contributed by atoms with Gasteiger partial charge in [-0.1, -0.05) is 47.5 Å². The third-order valence-electron chi connectivity index (χ3n) is 2.96. The molecule has 0 aliphatic rings. The summed E-state index contributed by atoms with van der Waals surface area (Å²) in [6, 6.07) is 12.4. The first-order chi connectivity index (χ1) is 9.63. The second-order valence-electron chi connectivity index (χ2n) is 4.35. The fourth-order valence-electron chi connectivity index (χ4n) is 1.97. The highest BCUT2D eigenvalue weighted by atomic mass is 35.5. The molecule has 0 bridgehead atoms. The van der Waals surface area contributed by atoms with E-state index in [-0.39, 0.29) is 6.03 Å². The van der Waals surface area contributed by atoms with Crippen LogP contribution in [0.3, 0.4) is 0 Å². The van der Waals surface area contributed by atoms with Gasteiger partial charge in [-0.2, -0.15) is 0 Å². The van der Waals surface area contributed by atoms with E-state index in [0.717, 1.165) is 10.8 Å². The van der Waals surface area contributed by atoms with E-state index in [1.807, 2.05) is 24.3 Å². The van der Waals surface area contributed by atoms with E-state index >= 15 is 0 Å². The molecule has 3 rings (SSSR count). The zero-order chi connectivity index (χ0) is 14.1. The Morgan fingerprint density at radius 3 is 2.25 bits per heavy atom. The molecule has 100 valence electrons. The minimum Gasteiger partial charge on any atom is -0.306 e. The van der Waals surface area contributed by atoms with E-state index in [9.17, 15) is 4.79 Å². The Balaban J connectivity index is 1.89. The lowest BCUT2D eigenvalue weighted by Gasteiger charge is -2.07. The quantitative estimate of drug-likeness (QED) is 0.672. The number of anilines is 1. The summed E-state index contributed by atoms with van der Waals surface area (Å²) in [4.78, 5) is 12.2. The molecule has 0 unspecified atom stereocenters. The minimum absolute atomic E-state index is 0.273. The molecule has 1 aromatic heterocycles. The molecule has 2 aromatic carbocycles. The number of hydrogen-bond donors (Lipinski definition) is 1. The SMILES string of the molecule is O=C(Nc1ccc(Cl)cc1Cl)n1cc2ccccc2c1. The van der Waals surface area contributed by atoms with Gasteiger partial charge in [-0.05, 0) is 29.0 Å². The van der Waals surface area contributed by atoms with Crippen molar-refractivity contribution < 1.29 is 4.79 Å². The van der Waals surface area contributed by atoms with Crippen LogP contribution in [0, 0.1) is 0 Å². The van der Waals surface area contributed by atoms with Crippen molar-refractivity contribution >= 4 is 45.7 Å². The van der Waals surface area contributed by atoms with E-state index in [4.69, 9.17) is 23.2 Å². The van der Waals surface area contributed by atoms with Crippen LogP contribution in [0.1, 0.15) is 0 Å². The Morgan fingerprint density at radius 2 is 1.65 bits per heavy atom. The van der Waals surface area contributed by atoms with Gasteiger partial charge < -0.3 is 5.32 Å². The van der Waals surface area contributed by atoms with E-state index in [1.165, 1.54) is 4.57 Å². The van der Waals surface area contributed by atoms with Crippen LogP contribution in [0.25, 0.3) is 10.8 Å². The fourth-order valence-corrected chi connectivity index (χ4v) is 2.43. The van der Waals surface area contributed by atoms with Gasteiger partial charge >= 0.3 is 6.03 Å². The summed E-state index contributed by atoms with van der Waals surface area (Å²) >= 11 is 11.9. The summed E-state index contributed by atoms with van der Waals surface area (Å²) in [5.41, 5.74) is 0.527. The Morgan fingerprint density at radius 1 is 1.00 bits per heavy atom. The Kier molecular flexibility index (Phi) is 3.38. The molecule has 5 heteroatoms. The first kappa shape index (κ1) is 13.0. The number of aromatic nitrogens is 1. The standard InChI is InChI=1S/C15H10Cl2N2O/c16-12-5-6-14(13(17)7-12)18-15(20)19-8-10-3-1-2-4-11(10)9-19/h1-9H,(H,18,20). The van der Waals surface area contributed by atoms with Crippen LogP contribution in [-0.4, -0.2) is 10.6 Å². The molecule has 20 heavy (non-hydrogen) atoms. The molecule has 0 saturated carbocycles.